The quantitative estimate of drug-likeness (QED) is 0.220. The van der Waals surface area contributed by atoms with Crippen LogP contribution >= 0.6 is 34.2 Å². The van der Waals surface area contributed by atoms with Crippen LogP contribution < -0.4 is 5.32 Å². The second-order valence-corrected chi connectivity index (χ2v) is 9.02. The lowest BCUT2D eigenvalue weighted by Crippen LogP contribution is -2.43. The summed E-state index contributed by atoms with van der Waals surface area (Å²) in [4.78, 5) is 33.1. The molecule has 0 aromatic heterocycles. The highest BCUT2D eigenvalue weighted by Gasteiger charge is 2.31. The van der Waals surface area contributed by atoms with E-state index < -0.39 is 15.5 Å². The van der Waals surface area contributed by atoms with E-state index in [-0.39, 0.29) is 5.91 Å². The summed E-state index contributed by atoms with van der Waals surface area (Å²) >= 11 is 8.35. The van der Waals surface area contributed by atoms with Crippen LogP contribution in [0.4, 0.5) is 0 Å². The highest BCUT2D eigenvalue weighted by molar-refractivity contribution is 14.1. The van der Waals surface area contributed by atoms with Crippen LogP contribution in [0.3, 0.4) is 0 Å². The molecule has 1 amide bonds. The van der Waals surface area contributed by atoms with Gasteiger partial charge in [-0.3, -0.25) is 4.79 Å². The predicted octanol–water partition coefficient (Wildman–Crippen LogP) is 3.77. The first-order valence-corrected chi connectivity index (χ1v) is 10.4. The Morgan fingerprint density at radius 2 is 1.57 bits per heavy atom. The van der Waals surface area contributed by atoms with Gasteiger partial charge in [0.2, 0.25) is 0 Å². The van der Waals surface area contributed by atoms with Gasteiger partial charge in [-0.05, 0) is 79.4 Å². The monoisotopic (exact) mass is 546 g/mol. The van der Waals surface area contributed by atoms with Gasteiger partial charge in [0.05, 0.1) is 0 Å². The number of aliphatic carboxylic acids is 2. The van der Waals surface area contributed by atoms with Crippen LogP contribution in [-0.4, -0.2) is 53.6 Å². The zero-order chi connectivity index (χ0) is 22.9. The molecule has 0 radical (unpaired) electrons. The summed E-state index contributed by atoms with van der Waals surface area (Å²) in [6, 6.07) is 15.3. The summed E-state index contributed by atoms with van der Waals surface area (Å²) in [6.45, 7) is 2.81. The topological polar surface area (TPSA) is 107 Å². The average Bonchev–Trinajstić information content (AvgIpc) is 2.67. The summed E-state index contributed by atoms with van der Waals surface area (Å²) in [6.07, 6.45) is 0.791. The first-order chi connectivity index (χ1) is 14.0. The summed E-state index contributed by atoms with van der Waals surface area (Å²) in [5.41, 5.74) is 2.71. The maximum absolute atomic E-state index is 12.8. The molecule has 0 heterocycles. The van der Waals surface area contributed by atoms with Gasteiger partial charge in [0, 0.05) is 17.1 Å². The van der Waals surface area contributed by atoms with Crippen molar-refractivity contribution < 1.29 is 24.6 Å². The van der Waals surface area contributed by atoms with Gasteiger partial charge in [0.1, 0.15) is 3.55 Å². The lowest BCUT2D eigenvalue weighted by Gasteiger charge is -2.31. The number of nitrogens with zero attached hydrogens (tertiary/aromatic N) is 1. The number of benzene rings is 2. The number of amides is 1. The molecule has 2 aromatic rings. The Bertz CT molecular complexity index is 877. The van der Waals surface area contributed by atoms with E-state index in [1.54, 1.807) is 0 Å². The van der Waals surface area contributed by atoms with Crippen molar-refractivity contribution in [3.05, 3.63) is 70.2 Å². The number of carbonyl (C=O) groups excluding carboxylic acids is 1. The molecule has 0 aliphatic heterocycles. The third-order valence-electron chi connectivity index (χ3n) is 4.09. The van der Waals surface area contributed by atoms with Crippen molar-refractivity contribution in [1.82, 2.24) is 10.2 Å². The van der Waals surface area contributed by atoms with E-state index in [4.69, 9.17) is 31.4 Å². The number of nitrogens with one attached hydrogen (secondary N) is 1. The Hall–Kier alpha value is -2.17. The second kappa shape index (κ2) is 11.9. The molecule has 0 saturated carbocycles. The maximum Gasteiger partial charge on any atom is 0.414 e. The van der Waals surface area contributed by atoms with E-state index in [2.05, 4.69) is 32.8 Å². The van der Waals surface area contributed by atoms with Gasteiger partial charge in [-0.25, -0.2) is 9.59 Å². The molecule has 1 unspecified atom stereocenters. The number of carboxylic acid groups (broad SMARTS) is 2. The van der Waals surface area contributed by atoms with Crippen LogP contribution in [0, 0.1) is 6.92 Å². The molecule has 0 fully saturated rings. The van der Waals surface area contributed by atoms with E-state index in [0.29, 0.717) is 10.6 Å². The molecule has 9 heteroatoms. The molecular formula is C21H24ClIN2O5. The molecule has 7 nitrogen and oxygen atoms in total. The fraction of sp³-hybridized carbons (Fsp3) is 0.286. The van der Waals surface area contributed by atoms with Gasteiger partial charge >= 0.3 is 11.9 Å². The molecule has 0 saturated heterocycles. The number of rotatable bonds is 6. The number of halogens is 2. The molecule has 162 valence electrons. The van der Waals surface area contributed by atoms with Gasteiger partial charge in [-0.2, -0.15) is 0 Å². The van der Waals surface area contributed by atoms with E-state index in [1.807, 2.05) is 69.6 Å². The fourth-order valence-electron chi connectivity index (χ4n) is 2.45. The summed E-state index contributed by atoms with van der Waals surface area (Å²) in [5, 5.41) is 18.7. The van der Waals surface area contributed by atoms with Gasteiger partial charge in [-0.15, -0.1) is 0 Å². The zero-order valence-electron chi connectivity index (χ0n) is 16.9. The molecule has 0 bridgehead atoms. The van der Waals surface area contributed by atoms with Crippen LogP contribution in [0.25, 0.3) is 0 Å². The van der Waals surface area contributed by atoms with Crippen molar-refractivity contribution in [2.45, 2.75) is 16.9 Å². The van der Waals surface area contributed by atoms with Crippen molar-refractivity contribution >= 4 is 52.0 Å². The van der Waals surface area contributed by atoms with Crippen molar-refractivity contribution in [3.63, 3.8) is 0 Å². The first kappa shape index (κ1) is 25.9. The molecule has 1 atom stereocenters. The summed E-state index contributed by atoms with van der Waals surface area (Å²) in [5.74, 6) is -3.71. The first-order valence-electron chi connectivity index (χ1n) is 8.90. The van der Waals surface area contributed by atoms with Gasteiger partial charge in [0.25, 0.3) is 5.91 Å². The third-order valence-corrected chi connectivity index (χ3v) is 5.77. The van der Waals surface area contributed by atoms with Gasteiger partial charge < -0.3 is 20.4 Å². The van der Waals surface area contributed by atoms with Crippen LogP contribution in [0.15, 0.2) is 48.5 Å². The molecule has 2 rings (SSSR count). The van der Waals surface area contributed by atoms with Gasteiger partial charge in [-0.1, -0.05) is 41.9 Å². The SMILES string of the molecule is Cc1ccccc1C(=O)NC(I)(CCN(C)C)c1ccc(Cl)cc1.O=C(O)C(=O)O. The van der Waals surface area contributed by atoms with E-state index in [9.17, 15) is 4.79 Å². The predicted molar refractivity (Wildman–Crippen MR) is 124 cm³/mol. The Kier molecular flexibility index (Phi) is 10.2. The lowest BCUT2D eigenvalue weighted by atomic mass is 10.0. The van der Waals surface area contributed by atoms with E-state index in [1.165, 1.54) is 0 Å². The fourth-order valence-corrected chi connectivity index (χ4v) is 3.42. The van der Waals surface area contributed by atoms with E-state index in [0.717, 1.165) is 24.1 Å². The number of aryl methyl sites for hydroxylation is 1. The minimum atomic E-state index is -1.82. The van der Waals surface area contributed by atoms with E-state index >= 15 is 0 Å². The molecule has 0 aliphatic carbocycles. The highest BCUT2D eigenvalue weighted by Crippen LogP contribution is 2.34. The molecule has 3 N–H and O–H groups in total. The zero-order valence-corrected chi connectivity index (χ0v) is 19.8. The Labute approximate surface area is 194 Å². The average molecular weight is 547 g/mol. The molecule has 0 spiro atoms. The Morgan fingerprint density at radius 3 is 2.03 bits per heavy atom. The van der Waals surface area contributed by atoms with Crippen molar-refractivity contribution in [3.8, 4) is 0 Å². The normalized spacial score (nSPS) is 12.3. The summed E-state index contributed by atoms with van der Waals surface area (Å²) in [7, 11) is 4.06. The second-order valence-electron chi connectivity index (χ2n) is 6.74. The van der Waals surface area contributed by atoms with Crippen LogP contribution in [-0.2, 0) is 13.1 Å². The number of hydrogen-bond donors (Lipinski definition) is 3. The van der Waals surface area contributed by atoms with Crippen molar-refractivity contribution in [2.24, 2.45) is 0 Å². The van der Waals surface area contributed by atoms with Crippen molar-refractivity contribution in [2.75, 3.05) is 20.6 Å². The largest absolute Gasteiger partial charge is 0.473 e. The lowest BCUT2D eigenvalue weighted by molar-refractivity contribution is -0.159. The van der Waals surface area contributed by atoms with Crippen LogP contribution in [0.2, 0.25) is 5.02 Å². The number of carbonyl (C=O) groups is 3. The Balaban J connectivity index is 0.000000656. The number of hydrogen-bond acceptors (Lipinski definition) is 4. The van der Waals surface area contributed by atoms with Crippen LogP contribution in [0.5, 0.6) is 0 Å². The van der Waals surface area contributed by atoms with Crippen LogP contribution in [0.1, 0.15) is 27.9 Å². The van der Waals surface area contributed by atoms with Crippen molar-refractivity contribution in [1.29, 1.82) is 0 Å². The molecular weight excluding hydrogens is 523 g/mol. The molecule has 30 heavy (non-hydrogen) atoms. The summed E-state index contributed by atoms with van der Waals surface area (Å²) < 4.78 is -0.494. The number of alkyl halides is 1. The standard InChI is InChI=1S/C19H22ClIN2O.C2H2O4/c1-14-6-4-5-7-17(14)18(24)22-19(21,12-13-23(2)3)15-8-10-16(20)11-9-15;3-1(4)2(5)6/h4-11H,12-13H2,1-3H3,(H,22,24);(H,3,4)(H,5,6). The number of carboxylic acids is 2. The maximum atomic E-state index is 12.8. The third kappa shape index (κ3) is 8.29. The minimum absolute atomic E-state index is 0.0591. The molecule has 2 aromatic carbocycles. The highest BCUT2D eigenvalue weighted by atomic mass is 127. The molecule has 0 aliphatic rings. The van der Waals surface area contributed by atoms with Gasteiger partial charge in [0.15, 0.2) is 0 Å². The smallest absolute Gasteiger partial charge is 0.414 e. The minimum Gasteiger partial charge on any atom is -0.473 e. The Morgan fingerprint density at radius 1 is 1.03 bits per heavy atom.